The summed E-state index contributed by atoms with van der Waals surface area (Å²) in [5.41, 5.74) is -1.84. The molecule has 7 heteroatoms. The van der Waals surface area contributed by atoms with Crippen molar-refractivity contribution in [2.45, 2.75) is 20.0 Å². The normalized spacial score (nSPS) is 10.9. The Kier molecular flexibility index (Phi) is 3.91. The lowest BCUT2D eigenvalue weighted by Crippen LogP contribution is -2.29. The molecule has 0 aliphatic heterocycles. The second-order valence-corrected chi connectivity index (χ2v) is 3.44. The summed E-state index contributed by atoms with van der Waals surface area (Å²) in [5, 5.41) is 8.61. The van der Waals surface area contributed by atoms with Gasteiger partial charge in [-0.25, -0.2) is 4.98 Å². The highest BCUT2D eigenvalue weighted by Gasteiger charge is 2.36. The molecule has 0 radical (unpaired) electrons. The minimum atomic E-state index is -4.72. The Morgan fingerprint density at radius 3 is 2.50 bits per heavy atom. The van der Waals surface area contributed by atoms with Crippen molar-refractivity contribution >= 4 is 11.7 Å². The molecule has 1 heterocycles. The molecule has 0 fully saturated rings. The molecule has 0 aliphatic rings. The lowest BCUT2D eigenvalue weighted by atomic mass is 10.2. The van der Waals surface area contributed by atoms with E-state index in [-0.39, 0.29) is 12.4 Å². The van der Waals surface area contributed by atoms with E-state index in [2.05, 4.69) is 4.98 Å². The SMILES string of the molecule is CCN(C(C)=O)c1ccc(C#N)c(C(F)(F)F)n1. The fraction of sp³-hybridized carbons (Fsp3) is 0.364. The van der Waals surface area contributed by atoms with E-state index in [0.717, 1.165) is 11.0 Å². The first-order chi connectivity index (χ1) is 8.31. The standard InChI is InChI=1S/C11H10F3N3O/c1-3-17(7(2)18)9-5-4-8(6-15)10(16-9)11(12,13)14/h4-5H,3H2,1-2H3. The molecule has 1 amide bonds. The van der Waals surface area contributed by atoms with Gasteiger partial charge < -0.3 is 0 Å². The van der Waals surface area contributed by atoms with Crippen LogP contribution in [0.5, 0.6) is 0 Å². The zero-order valence-corrected chi connectivity index (χ0v) is 9.75. The van der Waals surface area contributed by atoms with Crippen LogP contribution >= 0.6 is 0 Å². The van der Waals surface area contributed by atoms with Gasteiger partial charge in [0.15, 0.2) is 5.69 Å². The number of alkyl halides is 3. The summed E-state index contributed by atoms with van der Waals surface area (Å²) in [4.78, 5) is 15.7. The Balaban J connectivity index is 3.36. The van der Waals surface area contributed by atoms with Gasteiger partial charge in [0.2, 0.25) is 5.91 Å². The number of hydrogen-bond acceptors (Lipinski definition) is 3. The van der Waals surface area contributed by atoms with Crippen molar-refractivity contribution < 1.29 is 18.0 Å². The summed E-state index contributed by atoms with van der Waals surface area (Å²) in [6.07, 6.45) is -4.72. The third-order valence-electron chi connectivity index (χ3n) is 2.24. The van der Waals surface area contributed by atoms with E-state index in [1.807, 2.05) is 0 Å². The number of rotatable bonds is 2. The van der Waals surface area contributed by atoms with E-state index < -0.39 is 23.3 Å². The minimum Gasteiger partial charge on any atom is -0.297 e. The minimum absolute atomic E-state index is 0.115. The number of hydrogen-bond donors (Lipinski definition) is 0. The third-order valence-corrected chi connectivity index (χ3v) is 2.24. The van der Waals surface area contributed by atoms with E-state index in [9.17, 15) is 18.0 Å². The van der Waals surface area contributed by atoms with Gasteiger partial charge >= 0.3 is 6.18 Å². The summed E-state index contributed by atoms with van der Waals surface area (Å²) in [6, 6.07) is 3.66. The number of amides is 1. The van der Waals surface area contributed by atoms with Crippen LogP contribution in [0.1, 0.15) is 25.1 Å². The molecule has 0 saturated heterocycles. The van der Waals surface area contributed by atoms with Crippen LogP contribution in [0, 0.1) is 11.3 Å². The van der Waals surface area contributed by atoms with Crippen LogP contribution in [-0.4, -0.2) is 17.4 Å². The number of halogens is 3. The Bertz CT molecular complexity index is 505. The van der Waals surface area contributed by atoms with Gasteiger partial charge in [0.25, 0.3) is 0 Å². The molecule has 0 aliphatic carbocycles. The zero-order chi connectivity index (χ0) is 13.9. The monoisotopic (exact) mass is 257 g/mol. The lowest BCUT2D eigenvalue weighted by molar-refractivity contribution is -0.141. The topological polar surface area (TPSA) is 57.0 Å². The second kappa shape index (κ2) is 5.04. The van der Waals surface area contributed by atoms with Crippen molar-refractivity contribution in [3.8, 4) is 6.07 Å². The Morgan fingerprint density at radius 2 is 2.11 bits per heavy atom. The average Bonchev–Trinajstić information content (AvgIpc) is 2.28. The van der Waals surface area contributed by atoms with Crippen LogP contribution in [0.3, 0.4) is 0 Å². The fourth-order valence-corrected chi connectivity index (χ4v) is 1.45. The van der Waals surface area contributed by atoms with Crippen molar-refractivity contribution in [3.05, 3.63) is 23.4 Å². The summed E-state index contributed by atoms with van der Waals surface area (Å²) >= 11 is 0. The first-order valence-electron chi connectivity index (χ1n) is 5.07. The average molecular weight is 257 g/mol. The van der Waals surface area contributed by atoms with Crippen molar-refractivity contribution in [3.63, 3.8) is 0 Å². The van der Waals surface area contributed by atoms with Crippen LogP contribution in [-0.2, 0) is 11.0 Å². The Morgan fingerprint density at radius 1 is 1.50 bits per heavy atom. The van der Waals surface area contributed by atoms with Crippen LogP contribution in [0.25, 0.3) is 0 Å². The number of carbonyl (C=O) groups excluding carboxylic acids is 1. The van der Waals surface area contributed by atoms with Gasteiger partial charge in [-0.3, -0.25) is 9.69 Å². The molecule has 96 valence electrons. The van der Waals surface area contributed by atoms with E-state index in [1.54, 1.807) is 6.92 Å². The molecule has 1 aromatic rings. The van der Waals surface area contributed by atoms with E-state index in [0.29, 0.717) is 0 Å². The Labute approximate surface area is 102 Å². The number of pyridine rings is 1. The summed E-state index contributed by atoms with van der Waals surface area (Å²) in [5.74, 6) is -0.529. The molecule has 18 heavy (non-hydrogen) atoms. The number of nitrogens with zero attached hydrogens (tertiary/aromatic N) is 3. The smallest absolute Gasteiger partial charge is 0.297 e. The molecule has 4 nitrogen and oxygen atoms in total. The maximum atomic E-state index is 12.7. The van der Waals surface area contributed by atoms with Crippen molar-refractivity contribution in [2.24, 2.45) is 0 Å². The van der Waals surface area contributed by atoms with E-state index >= 15 is 0 Å². The molecule has 0 N–H and O–H groups in total. The van der Waals surface area contributed by atoms with Gasteiger partial charge in [-0.2, -0.15) is 18.4 Å². The van der Waals surface area contributed by atoms with Crippen molar-refractivity contribution in [2.75, 3.05) is 11.4 Å². The van der Waals surface area contributed by atoms with Gasteiger partial charge in [-0.1, -0.05) is 0 Å². The number of nitriles is 1. The quantitative estimate of drug-likeness (QED) is 0.817. The summed E-state index contributed by atoms with van der Waals surface area (Å²) in [6.45, 7) is 3.05. The highest BCUT2D eigenvalue weighted by Crippen LogP contribution is 2.31. The third kappa shape index (κ3) is 2.77. The maximum Gasteiger partial charge on any atom is 0.434 e. The highest BCUT2D eigenvalue weighted by atomic mass is 19.4. The second-order valence-electron chi connectivity index (χ2n) is 3.44. The van der Waals surface area contributed by atoms with Crippen LogP contribution in [0.15, 0.2) is 12.1 Å². The largest absolute Gasteiger partial charge is 0.434 e. The predicted octanol–water partition coefficient (Wildman–Crippen LogP) is 2.34. The van der Waals surface area contributed by atoms with Gasteiger partial charge in [0.1, 0.15) is 11.9 Å². The molecule has 0 saturated carbocycles. The molecule has 0 unspecified atom stereocenters. The molecule has 1 rings (SSSR count). The molecule has 0 aromatic carbocycles. The number of aromatic nitrogens is 1. The first-order valence-corrected chi connectivity index (χ1v) is 5.07. The van der Waals surface area contributed by atoms with Crippen molar-refractivity contribution in [1.29, 1.82) is 5.26 Å². The van der Waals surface area contributed by atoms with Crippen LogP contribution in [0.2, 0.25) is 0 Å². The fourth-order valence-electron chi connectivity index (χ4n) is 1.45. The molecule has 0 spiro atoms. The van der Waals surface area contributed by atoms with Gasteiger partial charge in [0.05, 0.1) is 5.56 Å². The number of anilines is 1. The van der Waals surface area contributed by atoms with Crippen LogP contribution < -0.4 is 4.90 Å². The first kappa shape index (κ1) is 14.0. The molecular formula is C11H10F3N3O. The van der Waals surface area contributed by atoms with Crippen LogP contribution in [0.4, 0.5) is 19.0 Å². The van der Waals surface area contributed by atoms with E-state index in [4.69, 9.17) is 5.26 Å². The predicted molar refractivity (Wildman–Crippen MR) is 57.7 cm³/mol. The molecule has 0 atom stereocenters. The lowest BCUT2D eigenvalue weighted by Gasteiger charge is -2.19. The zero-order valence-electron chi connectivity index (χ0n) is 9.75. The highest BCUT2D eigenvalue weighted by molar-refractivity contribution is 5.90. The number of carbonyl (C=O) groups is 1. The van der Waals surface area contributed by atoms with Gasteiger partial charge in [0, 0.05) is 13.5 Å². The maximum absolute atomic E-state index is 12.7. The van der Waals surface area contributed by atoms with Gasteiger partial charge in [-0.05, 0) is 19.1 Å². The Hall–Kier alpha value is -2.10. The van der Waals surface area contributed by atoms with Crippen molar-refractivity contribution in [1.82, 2.24) is 4.98 Å². The molecular weight excluding hydrogens is 247 g/mol. The summed E-state index contributed by atoms with van der Waals surface area (Å²) < 4.78 is 38.0. The summed E-state index contributed by atoms with van der Waals surface area (Å²) in [7, 11) is 0. The molecule has 0 bridgehead atoms. The van der Waals surface area contributed by atoms with Gasteiger partial charge in [-0.15, -0.1) is 0 Å². The molecule has 1 aromatic heterocycles. The van der Waals surface area contributed by atoms with E-state index in [1.165, 1.54) is 19.1 Å².